The van der Waals surface area contributed by atoms with Crippen molar-refractivity contribution in [1.29, 1.82) is 0 Å². The highest BCUT2D eigenvalue weighted by molar-refractivity contribution is 5.86. The molecular weight excluding hydrogens is 338 g/mol. The maximum atomic E-state index is 2.39. The average Bonchev–Trinajstić information content (AvgIpc) is 2.75. The normalized spacial score (nSPS) is 14.3. The predicted molar refractivity (Wildman–Crippen MR) is 119 cm³/mol. The summed E-state index contributed by atoms with van der Waals surface area (Å²) in [5, 5.41) is 0. The van der Waals surface area contributed by atoms with Crippen LogP contribution in [-0.2, 0) is 5.41 Å². The SMILES string of the molecule is CC1(C)c2ccccc2N(c2ccc(-c3ccccc3)cc2)c2ccccc21. The summed E-state index contributed by atoms with van der Waals surface area (Å²) in [5.74, 6) is 0. The van der Waals surface area contributed by atoms with Gasteiger partial charge in [-0.3, -0.25) is 0 Å². The summed E-state index contributed by atoms with van der Waals surface area (Å²) in [4.78, 5) is 2.39. The van der Waals surface area contributed by atoms with Gasteiger partial charge in [-0.1, -0.05) is 92.7 Å². The standard InChI is InChI=1S/C27H23N/c1-27(2)23-12-6-8-14-25(23)28(26-15-9-7-13-24(26)27)22-18-16-21(17-19-22)20-10-4-3-5-11-20/h3-19H,1-2H3. The lowest BCUT2D eigenvalue weighted by atomic mass is 9.73. The summed E-state index contributed by atoms with van der Waals surface area (Å²) in [6.07, 6.45) is 0. The van der Waals surface area contributed by atoms with Gasteiger partial charge < -0.3 is 4.90 Å². The average molecular weight is 361 g/mol. The molecule has 1 heterocycles. The first-order chi connectivity index (χ1) is 13.7. The number of fused-ring (bicyclic) bond motifs is 2. The zero-order valence-electron chi connectivity index (χ0n) is 16.3. The third-order valence-electron chi connectivity index (χ3n) is 5.87. The van der Waals surface area contributed by atoms with Gasteiger partial charge in [-0.25, -0.2) is 0 Å². The van der Waals surface area contributed by atoms with Gasteiger partial charge in [0.1, 0.15) is 0 Å². The molecular formula is C27H23N. The van der Waals surface area contributed by atoms with Gasteiger partial charge >= 0.3 is 0 Å². The fraction of sp³-hybridized carbons (Fsp3) is 0.111. The van der Waals surface area contributed by atoms with Crippen LogP contribution in [-0.4, -0.2) is 0 Å². The number of para-hydroxylation sites is 2. The molecule has 0 bridgehead atoms. The van der Waals surface area contributed by atoms with E-state index in [0.29, 0.717) is 0 Å². The Morgan fingerprint density at radius 1 is 0.500 bits per heavy atom. The first-order valence-corrected chi connectivity index (χ1v) is 9.81. The van der Waals surface area contributed by atoms with Gasteiger partial charge in [-0.05, 0) is 46.5 Å². The summed E-state index contributed by atoms with van der Waals surface area (Å²) < 4.78 is 0. The summed E-state index contributed by atoms with van der Waals surface area (Å²) in [5.41, 5.74) is 8.90. The molecule has 0 unspecified atom stereocenters. The second kappa shape index (κ2) is 6.38. The van der Waals surface area contributed by atoms with Crippen LogP contribution in [0.2, 0.25) is 0 Å². The highest BCUT2D eigenvalue weighted by Crippen LogP contribution is 2.51. The monoisotopic (exact) mass is 361 g/mol. The van der Waals surface area contributed by atoms with E-state index in [0.717, 1.165) is 0 Å². The molecule has 0 aliphatic carbocycles. The summed E-state index contributed by atoms with van der Waals surface area (Å²) >= 11 is 0. The van der Waals surface area contributed by atoms with Crippen LogP contribution in [0.4, 0.5) is 17.1 Å². The molecule has 0 saturated carbocycles. The molecule has 5 rings (SSSR count). The van der Waals surface area contributed by atoms with Gasteiger partial charge in [0.05, 0.1) is 11.4 Å². The largest absolute Gasteiger partial charge is 0.310 e. The van der Waals surface area contributed by atoms with Gasteiger partial charge in [0, 0.05) is 11.1 Å². The lowest BCUT2D eigenvalue weighted by molar-refractivity contribution is 0.632. The number of benzene rings is 4. The van der Waals surface area contributed by atoms with Gasteiger partial charge in [0.15, 0.2) is 0 Å². The zero-order chi connectivity index (χ0) is 19.1. The summed E-state index contributed by atoms with van der Waals surface area (Å²) in [6, 6.07) is 37.0. The molecule has 136 valence electrons. The molecule has 0 aromatic heterocycles. The minimum Gasteiger partial charge on any atom is -0.310 e. The molecule has 1 aliphatic heterocycles. The highest BCUT2D eigenvalue weighted by Gasteiger charge is 2.36. The Balaban J connectivity index is 1.67. The fourth-order valence-electron chi connectivity index (χ4n) is 4.38. The van der Waals surface area contributed by atoms with Crippen LogP contribution in [0.3, 0.4) is 0 Å². The van der Waals surface area contributed by atoms with E-state index >= 15 is 0 Å². The van der Waals surface area contributed by atoms with E-state index in [2.05, 4.69) is 122 Å². The molecule has 0 atom stereocenters. The maximum Gasteiger partial charge on any atom is 0.0502 e. The van der Waals surface area contributed by atoms with Crippen LogP contribution in [0.25, 0.3) is 11.1 Å². The van der Waals surface area contributed by atoms with Crippen molar-refractivity contribution in [2.75, 3.05) is 4.90 Å². The maximum absolute atomic E-state index is 2.39. The van der Waals surface area contributed by atoms with Crippen LogP contribution in [0.5, 0.6) is 0 Å². The summed E-state index contributed by atoms with van der Waals surface area (Å²) in [6.45, 7) is 4.64. The van der Waals surface area contributed by atoms with E-state index in [4.69, 9.17) is 0 Å². The molecule has 0 saturated heterocycles. The van der Waals surface area contributed by atoms with Gasteiger partial charge in [-0.2, -0.15) is 0 Å². The third kappa shape index (κ3) is 2.55. The minimum absolute atomic E-state index is 0.0202. The number of hydrogen-bond donors (Lipinski definition) is 0. The Hall–Kier alpha value is -3.32. The predicted octanol–water partition coefficient (Wildman–Crippen LogP) is 7.46. The van der Waals surface area contributed by atoms with Gasteiger partial charge in [0.25, 0.3) is 0 Å². The Labute approximate surface area is 166 Å². The number of hydrogen-bond acceptors (Lipinski definition) is 1. The molecule has 0 fully saturated rings. The number of anilines is 3. The Bertz CT molecular complexity index is 1070. The van der Waals surface area contributed by atoms with Gasteiger partial charge in [0.2, 0.25) is 0 Å². The molecule has 0 radical (unpaired) electrons. The van der Waals surface area contributed by atoms with Crippen LogP contribution in [0.15, 0.2) is 103 Å². The van der Waals surface area contributed by atoms with E-state index in [-0.39, 0.29) is 5.41 Å². The lowest BCUT2D eigenvalue weighted by Gasteiger charge is -2.42. The number of nitrogens with zero attached hydrogens (tertiary/aromatic N) is 1. The van der Waals surface area contributed by atoms with Crippen LogP contribution >= 0.6 is 0 Å². The first kappa shape index (κ1) is 16.8. The van der Waals surface area contributed by atoms with E-state index in [1.165, 1.54) is 39.3 Å². The minimum atomic E-state index is -0.0202. The van der Waals surface area contributed by atoms with Crippen molar-refractivity contribution in [3.05, 3.63) is 114 Å². The van der Waals surface area contributed by atoms with Crippen molar-refractivity contribution in [2.45, 2.75) is 19.3 Å². The van der Waals surface area contributed by atoms with Crippen LogP contribution < -0.4 is 4.90 Å². The zero-order valence-corrected chi connectivity index (χ0v) is 16.3. The van der Waals surface area contributed by atoms with E-state index in [9.17, 15) is 0 Å². The first-order valence-electron chi connectivity index (χ1n) is 9.81. The van der Waals surface area contributed by atoms with E-state index in [1.54, 1.807) is 0 Å². The van der Waals surface area contributed by atoms with Crippen molar-refractivity contribution in [1.82, 2.24) is 0 Å². The quantitative estimate of drug-likeness (QED) is 0.358. The third-order valence-corrected chi connectivity index (χ3v) is 5.87. The topological polar surface area (TPSA) is 3.24 Å². The van der Waals surface area contributed by atoms with Crippen molar-refractivity contribution in [3.63, 3.8) is 0 Å². The molecule has 0 spiro atoms. The van der Waals surface area contributed by atoms with Crippen molar-refractivity contribution in [3.8, 4) is 11.1 Å². The molecule has 1 heteroatoms. The van der Waals surface area contributed by atoms with Gasteiger partial charge in [-0.15, -0.1) is 0 Å². The molecule has 1 nitrogen and oxygen atoms in total. The van der Waals surface area contributed by atoms with E-state index in [1.807, 2.05) is 0 Å². The molecule has 0 N–H and O–H groups in total. The molecule has 1 aliphatic rings. The van der Waals surface area contributed by atoms with E-state index < -0.39 is 0 Å². The summed E-state index contributed by atoms with van der Waals surface area (Å²) in [7, 11) is 0. The van der Waals surface area contributed by atoms with Crippen molar-refractivity contribution >= 4 is 17.1 Å². The molecule has 28 heavy (non-hydrogen) atoms. The second-order valence-electron chi connectivity index (χ2n) is 7.91. The van der Waals surface area contributed by atoms with Crippen LogP contribution in [0.1, 0.15) is 25.0 Å². The molecule has 0 amide bonds. The molecule has 4 aromatic carbocycles. The number of rotatable bonds is 2. The Morgan fingerprint density at radius 2 is 0.964 bits per heavy atom. The smallest absolute Gasteiger partial charge is 0.0502 e. The molecule has 4 aromatic rings. The fourth-order valence-corrected chi connectivity index (χ4v) is 4.38. The van der Waals surface area contributed by atoms with Crippen molar-refractivity contribution < 1.29 is 0 Å². The van der Waals surface area contributed by atoms with Crippen molar-refractivity contribution in [2.24, 2.45) is 0 Å². The van der Waals surface area contributed by atoms with Crippen LogP contribution in [0, 0.1) is 0 Å². The lowest BCUT2D eigenvalue weighted by Crippen LogP contribution is -2.30. The second-order valence-corrected chi connectivity index (χ2v) is 7.91. The Kier molecular flexibility index (Phi) is 3.84. The Morgan fingerprint density at radius 3 is 1.54 bits per heavy atom. The highest BCUT2D eigenvalue weighted by atomic mass is 15.2.